The fourth-order valence-electron chi connectivity index (χ4n) is 3.13. The molecule has 0 saturated carbocycles. The molecule has 124 valence electrons. The van der Waals surface area contributed by atoms with E-state index < -0.39 is 0 Å². The fourth-order valence-corrected chi connectivity index (χ4v) is 3.13. The van der Waals surface area contributed by atoms with Crippen LogP contribution in [0.3, 0.4) is 0 Å². The lowest BCUT2D eigenvalue weighted by Crippen LogP contribution is -2.18. The van der Waals surface area contributed by atoms with Crippen LogP contribution in [0.4, 0.5) is 0 Å². The SMILES string of the molecule is C[C@@H](NCc1ccc(C(C)(C)C)cc1)c1cccc2ccccc12. The summed E-state index contributed by atoms with van der Waals surface area (Å²) in [6, 6.07) is 24.4. The Bertz CT molecular complexity index is 804. The Labute approximate surface area is 145 Å². The van der Waals surface area contributed by atoms with Crippen LogP contribution in [0.2, 0.25) is 0 Å². The lowest BCUT2D eigenvalue weighted by Gasteiger charge is -2.20. The van der Waals surface area contributed by atoms with Gasteiger partial charge in [-0.05, 0) is 39.8 Å². The van der Waals surface area contributed by atoms with Crippen molar-refractivity contribution in [1.29, 1.82) is 0 Å². The Morgan fingerprint density at radius 1 is 0.833 bits per heavy atom. The van der Waals surface area contributed by atoms with Gasteiger partial charge in [0.1, 0.15) is 0 Å². The van der Waals surface area contributed by atoms with E-state index >= 15 is 0 Å². The van der Waals surface area contributed by atoms with Gasteiger partial charge in [-0.2, -0.15) is 0 Å². The molecule has 0 aliphatic rings. The zero-order valence-corrected chi connectivity index (χ0v) is 15.1. The third-order valence-electron chi connectivity index (χ3n) is 4.72. The van der Waals surface area contributed by atoms with E-state index in [2.05, 4.69) is 99.7 Å². The first-order valence-corrected chi connectivity index (χ1v) is 8.75. The molecule has 0 bridgehead atoms. The molecule has 1 atom stereocenters. The summed E-state index contributed by atoms with van der Waals surface area (Å²) in [7, 11) is 0. The van der Waals surface area contributed by atoms with E-state index in [-0.39, 0.29) is 5.41 Å². The van der Waals surface area contributed by atoms with E-state index in [1.54, 1.807) is 0 Å². The summed E-state index contributed by atoms with van der Waals surface area (Å²) in [6.45, 7) is 9.88. The molecule has 0 fully saturated rings. The van der Waals surface area contributed by atoms with Crippen molar-refractivity contribution >= 4 is 10.8 Å². The van der Waals surface area contributed by atoms with E-state index in [9.17, 15) is 0 Å². The van der Waals surface area contributed by atoms with E-state index in [1.807, 2.05) is 0 Å². The van der Waals surface area contributed by atoms with Crippen LogP contribution in [0.25, 0.3) is 10.8 Å². The first-order chi connectivity index (χ1) is 11.4. The maximum absolute atomic E-state index is 3.67. The Kier molecular flexibility index (Phi) is 4.73. The van der Waals surface area contributed by atoms with Crippen LogP contribution in [-0.2, 0) is 12.0 Å². The quantitative estimate of drug-likeness (QED) is 0.623. The monoisotopic (exact) mass is 317 g/mol. The Balaban J connectivity index is 1.72. The van der Waals surface area contributed by atoms with Gasteiger partial charge in [0.25, 0.3) is 0 Å². The van der Waals surface area contributed by atoms with Crippen molar-refractivity contribution in [2.24, 2.45) is 0 Å². The van der Waals surface area contributed by atoms with Crippen molar-refractivity contribution < 1.29 is 0 Å². The highest BCUT2D eigenvalue weighted by atomic mass is 14.9. The topological polar surface area (TPSA) is 12.0 Å². The standard InChI is InChI=1S/C23H27N/c1-17(21-11-7-9-19-8-5-6-10-22(19)21)24-16-18-12-14-20(15-13-18)23(2,3)4/h5-15,17,24H,16H2,1-4H3/t17-/m1/s1. The van der Waals surface area contributed by atoms with Crippen molar-refractivity contribution in [2.75, 3.05) is 0 Å². The second-order valence-corrected chi connectivity index (χ2v) is 7.62. The normalized spacial score (nSPS) is 13.2. The maximum atomic E-state index is 3.67. The van der Waals surface area contributed by atoms with Crippen LogP contribution in [-0.4, -0.2) is 0 Å². The minimum atomic E-state index is 0.211. The lowest BCUT2D eigenvalue weighted by atomic mass is 9.87. The minimum absolute atomic E-state index is 0.211. The van der Waals surface area contributed by atoms with Crippen molar-refractivity contribution in [3.63, 3.8) is 0 Å². The molecule has 24 heavy (non-hydrogen) atoms. The van der Waals surface area contributed by atoms with Gasteiger partial charge in [0.15, 0.2) is 0 Å². The summed E-state index contributed by atoms with van der Waals surface area (Å²) in [5, 5.41) is 6.31. The predicted octanol–water partition coefficient (Wildman–Crippen LogP) is 5.99. The van der Waals surface area contributed by atoms with Crippen LogP contribution in [0.5, 0.6) is 0 Å². The highest BCUT2D eigenvalue weighted by Gasteiger charge is 2.13. The Morgan fingerprint density at radius 2 is 1.50 bits per heavy atom. The number of hydrogen-bond acceptors (Lipinski definition) is 1. The predicted molar refractivity (Wildman–Crippen MR) is 104 cm³/mol. The molecule has 0 amide bonds. The first-order valence-electron chi connectivity index (χ1n) is 8.75. The molecule has 0 aliphatic heterocycles. The van der Waals surface area contributed by atoms with Crippen molar-refractivity contribution in [3.8, 4) is 0 Å². The molecule has 1 N–H and O–H groups in total. The van der Waals surface area contributed by atoms with Gasteiger partial charge < -0.3 is 5.32 Å². The van der Waals surface area contributed by atoms with Crippen molar-refractivity contribution in [2.45, 2.75) is 45.7 Å². The molecule has 3 rings (SSSR count). The Hall–Kier alpha value is -2.12. The minimum Gasteiger partial charge on any atom is -0.306 e. The summed E-state index contributed by atoms with van der Waals surface area (Å²) >= 11 is 0. The second-order valence-electron chi connectivity index (χ2n) is 7.62. The number of benzene rings is 3. The highest BCUT2D eigenvalue weighted by Crippen LogP contribution is 2.25. The molecule has 0 unspecified atom stereocenters. The van der Waals surface area contributed by atoms with Crippen molar-refractivity contribution in [3.05, 3.63) is 83.4 Å². The van der Waals surface area contributed by atoms with E-state index in [1.165, 1.54) is 27.5 Å². The van der Waals surface area contributed by atoms with E-state index in [0.29, 0.717) is 6.04 Å². The number of rotatable bonds is 4. The zero-order valence-electron chi connectivity index (χ0n) is 15.1. The van der Waals surface area contributed by atoms with E-state index in [4.69, 9.17) is 0 Å². The molecule has 0 saturated heterocycles. The molecule has 0 heterocycles. The largest absolute Gasteiger partial charge is 0.306 e. The van der Waals surface area contributed by atoms with Gasteiger partial charge in [-0.25, -0.2) is 0 Å². The summed E-state index contributed by atoms with van der Waals surface area (Å²) < 4.78 is 0. The highest BCUT2D eigenvalue weighted by molar-refractivity contribution is 5.86. The lowest BCUT2D eigenvalue weighted by molar-refractivity contribution is 0.574. The van der Waals surface area contributed by atoms with Gasteiger partial charge in [0.2, 0.25) is 0 Å². The van der Waals surface area contributed by atoms with Crippen molar-refractivity contribution in [1.82, 2.24) is 5.32 Å². The molecule has 0 aliphatic carbocycles. The Morgan fingerprint density at radius 3 is 2.21 bits per heavy atom. The third-order valence-corrected chi connectivity index (χ3v) is 4.72. The van der Waals surface area contributed by atoms with Gasteiger partial charge in [-0.1, -0.05) is 87.5 Å². The molecular weight excluding hydrogens is 290 g/mol. The van der Waals surface area contributed by atoms with Crippen LogP contribution < -0.4 is 5.32 Å². The molecule has 3 aromatic rings. The van der Waals surface area contributed by atoms with Crippen LogP contribution in [0.1, 0.15) is 50.4 Å². The summed E-state index contributed by atoms with van der Waals surface area (Å²) in [4.78, 5) is 0. The zero-order chi connectivity index (χ0) is 17.2. The summed E-state index contributed by atoms with van der Waals surface area (Å²) in [6.07, 6.45) is 0. The smallest absolute Gasteiger partial charge is 0.0301 e. The van der Waals surface area contributed by atoms with Crippen LogP contribution >= 0.6 is 0 Å². The van der Waals surface area contributed by atoms with Gasteiger partial charge in [-0.15, -0.1) is 0 Å². The van der Waals surface area contributed by atoms with Crippen LogP contribution in [0.15, 0.2) is 66.7 Å². The molecular formula is C23H27N. The number of fused-ring (bicyclic) bond motifs is 1. The third kappa shape index (κ3) is 3.68. The van der Waals surface area contributed by atoms with Gasteiger partial charge in [0.05, 0.1) is 0 Å². The van der Waals surface area contributed by atoms with Crippen LogP contribution in [0, 0.1) is 0 Å². The summed E-state index contributed by atoms with van der Waals surface area (Å²) in [5.41, 5.74) is 4.28. The average molecular weight is 317 g/mol. The molecule has 0 radical (unpaired) electrons. The molecule has 1 heteroatoms. The fraction of sp³-hybridized carbons (Fsp3) is 0.304. The average Bonchev–Trinajstić information content (AvgIpc) is 2.59. The van der Waals surface area contributed by atoms with Gasteiger partial charge in [0, 0.05) is 12.6 Å². The van der Waals surface area contributed by atoms with Gasteiger partial charge in [-0.3, -0.25) is 0 Å². The molecule has 0 aromatic heterocycles. The summed E-state index contributed by atoms with van der Waals surface area (Å²) in [5.74, 6) is 0. The molecule has 0 spiro atoms. The maximum Gasteiger partial charge on any atom is 0.0301 e. The first kappa shape index (κ1) is 16.7. The van der Waals surface area contributed by atoms with E-state index in [0.717, 1.165) is 6.54 Å². The molecule has 3 aromatic carbocycles. The molecule has 1 nitrogen and oxygen atoms in total. The number of nitrogens with one attached hydrogen (secondary N) is 1. The van der Waals surface area contributed by atoms with Gasteiger partial charge >= 0.3 is 0 Å². The second kappa shape index (κ2) is 6.78. The number of hydrogen-bond donors (Lipinski definition) is 1.